The number of rotatable bonds is 3. The summed E-state index contributed by atoms with van der Waals surface area (Å²) in [5.74, 6) is -0.680. The van der Waals surface area contributed by atoms with Crippen LogP contribution in [0.2, 0.25) is 0 Å². The van der Waals surface area contributed by atoms with E-state index in [1.807, 2.05) is 30.3 Å². The van der Waals surface area contributed by atoms with Gasteiger partial charge in [-0.15, -0.1) is 0 Å². The first-order valence-corrected chi connectivity index (χ1v) is 7.45. The molecule has 2 N–H and O–H groups in total. The highest BCUT2D eigenvalue weighted by atomic mass is 16.4. The molecule has 2 atom stereocenters. The lowest BCUT2D eigenvalue weighted by atomic mass is 9.65. The van der Waals surface area contributed by atoms with E-state index in [1.54, 1.807) is 0 Å². The lowest BCUT2D eigenvalue weighted by Crippen LogP contribution is -2.40. The summed E-state index contributed by atoms with van der Waals surface area (Å²) in [4.78, 5) is 11.9. The second-order valence-electron chi connectivity index (χ2n) is 7.06. The maximum atomic E-state index is 11.9. The fourth-order valence-corrected chi connectivity index (χ4v) is 4.17. The SMILES string of the molecule is CC1(C)[C@]2(C(=O)O)CC[C@]1(C)/C(=N\Nc1ccccc1)C2. The van der Waals surface area contributed by atoms with E-state index in [-0.39, 0.29) is 10.8 Å². The quantitative estimate of drug-likeness (QED) is 0.832. The number of hydrogen-bond acceptors (Lipinski definition) is 3. The zero-order chi connectivity index (χ0) is 15.3. The average Bonchev–Trinajstić information content (AvgIpc) is 2.76. The van der Waals surface area contributed by atoms with Gasteiger partial charge in [0.2, 0.25) is 0 Å². The maximum absolute atomic E-state index is 11.9. The van der Waals surface area contributed by atoms with Gasteiger partial charge in [0.25, 0.3) is 0 Å². The Morgan fingerprint density at radius 1 is 1.19 bits per heavy atom. The second-order valence-corrected chi connectivity index (χ2v) is 7.06. The van der Waals surface area contributed by atoms with Crippen LogP contribution in [0.15, 0.2) is 35.4 Å². The van der Waals surface area contributed by atoms with Crippen molar-refractivity contribution in [3.8, 4) is 0 Å². The van der Waals surface area contributed by atoms with Crippen LogP contribution in [0.3, 0.4) is 0 Å². The first kappa shape index (κ1) is 14.1. The van der Waals surface area contributed by atoms with E-state index in [1.165, 1.54) is 0 Å². The first-order valence-electron chi connectivity index (χ1n) is 7.45. The molecule has 21 heavy (non-hydrogen) atoms. The minimum absolute atomic E-state index is 0.146. The molecule has 4 heteroatoms. The molecule has 2 fully saturated rings. The Morgan fingerprint density at radius 3 is 2.43 bits per heavy atom. The molecule has 2 saturated carbocycles. The Balaban J connectivity index is 1.94. The van der Waals surface area contributed by atoms with Gasteiger partial charge in [0, 0.05) is 17.5 Å². The van der Waals surface area contributed by atoms with Gasteiger partial charge in [0.05, 0.1) is 11.1 Å². The molecule has 0 heterocycles. The maximum Gasteiger partial charge on any atom is 0.310 e. The highest BCUT2D eigenvalue weighted by Crippen LogP contribution is 2.70. The van der Waals surface area contributed by atoms with Gasteiger partial charge in [-0.25, -0.2) is 0 Å². The summed E-state index contributed by atoms with van der Waals surface area (Å²) >= 11 is 0. The molecule has 0 radical (unpaired) electrons. The van der Waals surface area contributed by atoms with Crippen molar-refractivity contribution in [2.75, 3.05) is 5.43 Å². The lowest BCUT2D eigenvalue weighted by molar-refractivity contribution is -0.154. The number of hydrogen-bond donors (Lipinski definition) is 2. The van der Waals surface area contributed by atoms with Crippen molar-refractivity contribution >= 4 is 17.4 Å². The number of fused-ring (bicyclic) bond motifs is 2. The minimum atomic E-state index is -0.680. The van der Waals surface area contributed by atoms with Gasteiger partial charge >= 0.3 is 5.97 Å². The number of anilines is 1. The standard InChI is InChI=1S/C17H22N2O2/c1-15(2)16(3)9-10-17(15,14(20)21)11-13(16)19-18-12-7-5-4-6-8-12/h4-8,18H,9-11H2,1-3H3,(H,20,21)/b19-13-/t16-,17-/m1/s1. The number of aliphatic carboxylic acids is 1. The molecule has 112 valence electrons. The van der Waals surface area contributed by atoms with Crippen molar-refractivity contribution < 1.29 is 9.90 Å². The summed E-state index contributed by atoms with van der Waals surface area (Å²) in [5, 5.41) is 14.3. The van der Waals surface area contributed by atoms with Crippen LogP contribution in [-0.2, 0) is 4.79 Å². The Kier molecular flexibility index (Phi) is 2.91. The number of nitrogens with one attached hydrogen (secondary N) is 1. The smallest absolute Gasteiger partial charge is 0.310 e. The molecule has 0 aliphatic heterocycles. The van der Waals surface area contributed by atoms with Gasteiger partial charge in [0.1, 0.15) is 0 Å². The third-order valence-corrected chi connectivity index (χ3v) is 6.24. The molecule has 2 aliphatic rings. The van der Waals surface area contributed by atoms with Gasteiger partial charge in [-0.2, -0.15) is 5.10 Å². The molecular weight excluding hydrogens is 264 g/mol. The summed E-state index contributed by atoms with van der Waals surface area (Å²) in [6, 6.07) is 9.77. The lowest BCUT2D eigenvalue weighted by Gasteiger charge is -2.37. The fraction of sp³-hybridized carbons (Fsp3) is 0.529. The molecular formula is C17H22N2O2. The van der Waals surface area contributed by atoms with Crippen LogP contribution in [0.5, 0.6) is 0 Å². The zero-order valence-corrected chi connectivity index (χ0v) is 12.8. The van der Waals surface area contributed by atoms with Gasteiger partial charge in [-0.3, -0.25) is 10.2 Å². The predicted molar refractivity (Wildman–Crippen MR) is 83.3 cm³/mol. The number of para-hydroxylation sites is 1. The highest BCUT2D eigenvalue weighted by molar-refractivity contribution is 6.01. The summed E-state index contributed by atoms with van der Waals surface area (Å²) in [6.45, 7) is 6.33. The first-order chi connectivity index (χ1) is 9.83. The summed E-state index contributed by atoms with van der Waals surface area (Å²) in [7, 11) is 0. The van der Waals surface area contributed by atoms with Crippen LogP contribution in [-0.4, -0.2) is 16.8 Å². The minimum Gasteiger partial charge on any atom is -0.481 e. The van der Waals surface area contributed by atoms with Crippen molar-refractivity contribution in [2.24, 2.45) is 21.3 Å². The summed E-state index contributed by atoms with van der Waals surface area (Å²) in [6.07, 6.45) is 2.18. The van der Waals surface area contributed by atoms with Gasteiger partial charge in [-0.05, 0) is 30.4 Å². The molecule has 2 aliphatic carbocycles. The molecule has 4 nitrogen and oxygen atoms in total. The fourth-order valence-electron chi connectivity index (χ4n) is 4.17. The van der Waals surface area contributed by atoms with Crippen LogP contribution >= 0.6 is 0 Å². The van der Waals surface area contributed by atoms with E-state index in [4.69, 9.17) is 0 Å². The van der Waals surface area contributed by atoms with Crippen molar-refractivity contribution in [1.82, 2.24) is 0 Å². The number of carboxylic acids is 1. The molecule has 0 unspecified atom stereocenters. The third-order valence-electron chi connectivity index (χ3n) is 6.24. The molecule has 0 amide bonds. The zero-order valence-electron chi connectivity index (χ0n) is 12.8. The van der Waals surface area contributed by atoms with E-state index in [2.05, 4.69) is 31.3 Å². The molecule has 0 aromatic heterocycles. The van der Waals surface area contributed by atoms with Crippen LogP contribution in [0.1, 0.15) is 40.0 Å². The monoisotopic (exact) mass is 286 g/mol. The number of hydrazone groups is 1. The van der Waals surface area contributed by atoms with Crippen LogP contribution < -0.4 is 5.43 Å². The number of carbonyl (C=O) groups is 1. The van der Waals surface area contributed by atoms with E-state index >= 15 is 0 Å². The van der Waals surface area contributed by atoms with Crippen LogP contribution in [0, 0.1) is 16.2 Å². The number of carboxylic acid groups (broad SMARTS) is 1. The van der Waals surface area contributed by atoms with Crippen LogP contribution in [0.25, 0.3) is 0 Å². The van der Waals surface area contributed by atoms with Crippen molar-refractivity contribution in [3.05, 3.63) is 30.3 Å². The van der Waals surface area contributed by atoms with Crippen molar-refractivity contribution in [2.45, 2.75) is 40.0 Å². The van der Waals surface area contributed by atoms with Crippen molar-refractivity contribution in [3.63, 3.8) is 0 Å². The number of benzene rings is 1. The molecule has 1 aromatic rings. The summed E-state index contributed by atoms with van der Waals surface area (Å²) in [5.41, 5.74) is 3.92. The molecule has 0 saturated heterocycles. The van der Waals surface area contributed by atoms with Gasteiger partial charge in [-0.1, -0.05) is 39.0 Å². The van der Waals surface area contributed by atoms with E-state index in [9.17, 15) is 9.90 Å². The largest absolute Gasteiger partial charge is 0.481 e. The van der Waals surface area contributed by atoms with Gasteiger partial charge < -0.3 is 5.11 Å². The Labute approximate surface area is 125 Å². The topological polar surface area (TPSA) is 61.7 Å². The molecule has 3 rings (SSSR count). The highest BCUT2D eigenvalue weighted by Gasteiger charge is 2.71. The molecule has 2 bridgehead atoms. The predicted octanol–water partition coefficient (Wildman–Crippen LogP) is 3.76. The third kappa shape index (κ3) is 1.68. The molecule has 0 spiro atoms. The average molecular weight is 286 g/mol. The van der Waals surface area contributed by atoms with E-state index < -0.39 is 11.4 Å². The summed E-state index contributed by atoms with van der Waals surface area (Å²) < 4.78 is 0. The van der Waals surface area contributed by atoms with E-state index in [0.29, 0.717) is 6.42 Å². The normalized spacial score (nSPS) is 35.1. The van der Waals surface area contributed by atoms with Gasteiger partial charge in [0.15, 0.2) is 0 Å². The Bertz CT molecular complexity index is 608. The Hall–Kier alpha value is -1.84. The second kappa shape index (κ2) is 4.33. The van der Waals surface area contributed by atoms with E-state index in [0.717, 1.165) is 24.2 Å². The number of nitrogens with zero attached hydrogens (tertiary/aromatic N) is 1. The molecule has 1 aromatic carbocycles. The van der Waals surface area contributed by atoms with Crippen molar-refractivity contribution in [1.29, 1.82) is 0 Å². The Morgan fingerprint density at radius 2 is 1.86 bits per heavy atom. The van der Waals surface area contributed by atoms with Crippen LogP contribution in [0.4, 0.5) is 5.69 Å².